The first kappa shape index (κ1) is 26.2. The summed E-state index contributed by atoms with van der Waals surface area (Å²) < 4.78 is 17.5. The van der Waals surface area contributed by atoms with Gasteiger partial charge >= 0.3 is 0 Å². The highest BCUT2D eigenvalue weighted by Crippen LogP contribution is 2.35. The molecule has 1 unspecified atom stereocenters. The number of benzene rings is 1. The van der Waals surface area contributed by atoms with E-state index in [0.29, 0.717) is 31.8 Å². The highest BCUT2D eigenvalue weighted by molar-refractivity contribution is 5.83. The van der Waals surface area contributed by atoms with E-state index in [-0.39, 0.29) is 5.66 Å². The molecule has 1 aliphatic heterocycles. The first-order chi connectivity index (χ1) is 16.5. The molecular formula is C26H43N5O3. The Kier molecular flexibility index (Phi) is 9.89. The third-order valence-electron chi connectivity index (χ3n) is 6.44. The number of hydrogen-bond acceptors (Lipinski definition) is 6. The lowest BCUT2D eigenvalue weighted by Gasteiger charge is -2.33. The van der Waals surface area contributed by atoms with Crippen LogP contribution in [0.2, 0.25) is 0 Å². The number of nitrogens with one attached hydrogen (secondary N) is 4. The Balaban J connectivity index is 1.51. The molecule has 1 aromatic rings. The Morgan fingerprint density at radius 1 is 0.971 bits per heavy atom. The topological polar surface area (TPSA) is 88.2 Å². The smallest absolute Gasteiger partial charge is 0.197 e. The fourth-order valence-corrected chi connectivity index (χ4v) is 4.45. The van der Waals surface area contributed by atoms with Gasteiger partial charge in [0.05, 0.1) is 25.9 Å². The van der Waals surface area contributed by atoms with Crippen LogP contribution in [0.1, 0.15) is 58.9 Å². The largest absolute Gasteiger partial charge is 0.493 e. The maximum absolute atomic E-state index is 5.90. The zero-order valence-electron chi connectivity index (χ0n) is 21.5. The molecule has 0 spiro atoms. The Labute approximate surface area is 204 Å². The Morgan fingerprint density at radius 3 is 2.26 bits per heavy atom. The number of likely N-dealkylation sites (N-methyl/N-ethyl adjacent to an activating group) is 1. The molecular weight excluding hydrogens is 430 g/mol. The van der Waals surface area contributed by atoms with Crippen LogP contribution in [0, 0.1) is 5.92 Å². The summed E-state index contributed by atoms with van der Waals surface area (Å²) >= 11 is 0. The van der Waals surface area contributed by atoms with Crippen LogP contribution in [0.15, 0.2) is 29.4 Å². The second kappa shape index (κ2) is 12.9. The molecule has 2 aliphatic rings. The van der Waals surface area contributed by atoms with Crippen LogP contribution in [-0.2, 0) is 6.54 Å². The number of aliphatic imine (C=N–C) groups is 1. The average molecular weight is 474 g/mol. The molecule has 8 nitrogen and oxygen atoms in total. The van der Waals surface area contributed by atoms with E-state index >= 15 is 0 Å². The predicted molar refractivity (Wildman–Crippen MR) is 138 cm³/mol. The third kappa shape index (κ3) is 7.27. The van der Waals surface area contributed by atoms with Crippen molar-refractivity contribution in [1.82, 2.24) is 21.3 Å². The highest BCUT2D eigenvalue weighted by Gasteiger charge is 2.25. The Bertz CT molecular complexity index is 836. The number of hydrogen-bond donors (Lipinski definition) is 4. The molecule has 0 radical (unpaired) electrons. The summed E-state index contributed by atoms with van der Waals surface area (Å²) in [5, 5.41) is 13.6. The molecule has 0 amide bonds. The molecule has 8 heteroatoms. The van der Waals surface area contributed by atoms with Gasteiger partial charge in [0.25, 0.3) is 0 Å². The fourth-order valence-electron chi connectivity index (χ4n) is 4.45. The van der Waals surface area contributed by atoms with Gasteiger partial charge in [0, 0.05) is 24.4 Å². The van der Waals surface area contributed by atoms with Crippen molar-refractivity contribution in [2.75, 3.05) is 33.4 Å². The fraction of sp³-hybridized carbons (Fsp3) is 0.654. The van der Waals surface area contributed by atoms with E-state index < -0.39 is 0 Å². The van der Waals surface area contributed by atoms with Crippen molar-refractivity contribution in [2.45, 2.75) is 71.6 Å². The lowest BCUT2D eigenvalue weighted by atomic mass is 9.86. The van der Waals surface area contributed by atoms with Gasteiger partial charge in [0.15, 0.2) is 17.5 Å². The summed E-state index contributed by atoms with van der Waals surface area (Å²) in [6.07, 6.45) is 8.60. The number of nitrogens with zero attached hydrogens (tertiary/aromatic N) is 1. The maximum Gasteiger partial charge on any atom is 0.197 e. The summed E-state index contributed by atoms with van der Waals surface area (Å²) in [5.41, 5.74) is 0.845. The molecule has 190 valence electrons. The molecule has 1 aromatic carbocycles. The molecule has 1 saturated carbocycles. The van der Waals surface area contributed by atoms with E-state index in [2.05, 4.69) is 40.3 Å². The first-order valence-corrected chi connectivity index (χ1v) is 12.7. The number of guanidine groups is 1. The van der Waals surface area contributed by atoms with Gasteiger partial charge in [-0.1, -0.05) is 0 Å². The van der Waals surface area contributed by atoms with Crippen LogP contribution in [-0.4, -0.2) is 51.1 Å². The van der Waals surface area contributed by atoms with Crippen molar-refractivity contribution in [3.05, 3.63) is 30.0 Å². The second-order valence-electron chi connectivity index (χ2n) is 9.04. The third-order valence-corrected chi connectivity index (χ3v) is 6.44. The van der Waals surface area contributed by atoms with Crippen molar-refractivity contribution in [3.8, 4) is 17.2 Å². The van der Waals surface area contributed by atoms with Crippen LogP contribution in [0.5, 0.6) is 17.2 Å². The molecule has 4 N–H and O–H groups in total. The van der Waals surface area contributed by atoms with Crippen LogP contribution in [0.4, 0.5) is 0 Å². The van der Waals surface area contributed by atoms with Crippen molar-refractivity contribution in [3.63, 3.8) is 0 Å². The average Bonchev–Trinajstić information content (AvgIpc) is 2.83. The molecule has 1 atom stereocenters. The maximum atomic E-state index is 5.90. The van der Waals surface area contributed by atoms with Crippen LogP contribution >= 0.6 is 0 Å². The van der Waals surface area contributed by atoms with Crippen molar-refractivity contribution in [1.29, 1.82) is 0 Å². The molecule has 1 heterocycles. The number of ether oxygens (including phenoxy) is 3. The van der Waals surface area contributed by atoms with Gasteiger partial charge in [-0.3, -0.25) is 5.32 Å². The zero-order valence-corrected chi connectivity index (χ0v) is 21.5. The van der Waals surface area contributed by atoms with Crippen LogP contribution in [0.25, 0.3) is 0 Å². The SMILES string of the molecule is CCOc1cc(OCC)c(OCC)cc1CNCC1CCC(N=C2NC=CC(C)(NC)N2)CC1. The van der Waals surface area contributed by atoms with Crippen molar-refractivity contribution >= 4 is 5.96 Å². The minimum absolute atomic E-state index is 0.256. The molecule has 34 heavy (non-hydrogen) atoms. The minimum atomic E-state index is -0.256. The van der Waals surface area contributed by atoms with Gasteiger partial charge in [-0.15, -0.1) is 0 Å². The number of rotatable bonds is 12. The van der Waals surface area contributed by atoms with Crippen LogP contribution in [0.3, 0.4) is 0 Å². The van der Waals surface area contributed by atoms with E-state index in [0.717, 1.165) is 54.7 Å². The van der Waals surface area contributed by atoms with E-state index in [1.54, 1.807) is 0 Å². The second-order valence-corrected chi connectivity index (χ2v) is 9.04. The lowest BCUT2D eigenvalue weighted by molar-refractivity contribution is 0.281. The van der Waals surface area contributed by atoms with Gasteiger partial charge in [0.1, 0.15) is 11.4 Å². The van der Waals surface area contributed by atoms with E-state index in [1.807, 2.05) is 40.1 Å². The van der Waals surface area contributed by atoms with Crippen LogP contribution < -0.4 is 35.5 Å². The van der Waals surface area contributed by atoms with E-state index in [4.69, 9.17) is 19.2 Å². The molecule has 0 bridgehead atoms. The van der Waals surface area contributed by atoms with E-state index in [1.165, 1.54) is 12.8 Å². The van der Waals surface area contributed by atoms with Crippen molar-refractivity contribution in [2.24, 2.45) is 10.9 Å². The Hall–Kier alpha value is -2.45. The summed E-state index contributed by atoms with van der Waals surface area (Å²) in [7, 11) is 1.95. The highest BCUT2D eigenvalue weighted by atomic mass is 16.5. The molecule has 1 fully saturated rings. The Morgan fingerprint density at radius 2 is 1.62 bits per heavy atom. The van der Waals surface area contributed by atoms with Gasteiger partial charge in [-0.05, 0) is 85.0 Å². The molecule has 1 aliphatic carbocycles. The predicted octanol–water partition coefficient (Wildman–Crippen LogP) is 3.53. The van der Waals surface area contributed by atoms with Gasteiger partial charge in [0.2, 0.25) is 0 Å². The van der Waals surface area contributed by atoms with E-state index in [9.17, 15) is 0 Å². The summed E-state index contributed by atoms with van der Waals surface area (Å²) in [4.78, 5) is 4.92. The first-order valence-electron chi connectivity index (χ1n) is 12.7. The quantitative estimate of drug-likeness (QED) is 0.369. The molecule has 0 aromatic heterocycles. The van der Waals surface area contributed by atoms with Gasteiger partial charge < -0.3 is 30.2 Å². The monoisotopic (exact) mass is 473 g/mol. The van der Waals surface area contributed by atoms with Crippen molar-refractivity contribution < 1.29 is 14.2 Å². The zero-order chi connectivity index (χ0) is 24.4. The minimum Gasteiger partial charge on any atom is -0.493 e. The summed E-state index contributed by atoms with van der Waals surface area (Å²) in [6.45, 7) is 11.6. The van der Waals surface area contributed by atoms with Gasteiger partial charge in [-0.25, -0.2) is 4.99 Å². The standard InChI is InChI=1S/C26H43N5O3/c1-6-32-22-16-24(34-8-3)23(33-7-2)15-20(22)18-28-17-19-9-11-21(12-10-19)30-25-29-14-13-26(4,27-5)31-25/h13-16,19,21,27-28H,6-12,17-18H2,1-5H3,(H2,29,30,31). The lowest BCUT2D eigenvalue weighted by Crippen LogP contribution is -2.59. The molecule has 3 rings (SSSR count). The van der Waals surface area contributed by atoms with Gasteiger partial charge in [-0.2, -0.15) is 0 Å². The normalized spacial score (nSPS) is 25.5. The summed E-state index contributed by atoms with van der Waals surface area (Å²) in [5.74, 6) is 3.89. The summed E-state index contributed by atoms with van der Waals surface area (Å²) in [6, 6.07) is 4.38. The molecule has 0 saturated heterocycles.